The van der Waals surface area contributed by atoms with Gasteiger partial charge in [0.15, 0.2) is 0 Å². The Morgan fingerprint density at radius 3 is 1.32 bits per heavy atom. The van der Waals surface area contributed by atoms with Crippen LogP contribution in [-0.2, 0) is 25.4 Å². The molecule has 0 radical (unpaired) electrons. The molecule has 0 unspecified atom stereocenters. The van der Waals surface area contributed by atoms with E-state index in [1.54, 1.807) is 0 Å². The van der Waals surface area contributed by atoms with Crippen molar-refractivity contribution in [3.05, 3.63) is 71.8 Å². The van der Waals surface area contributed by atoms with Gasteiger partial charge in [0.25, 0.3) is 0 Å². The molecule has 7 heteroatoms. The molecule has 2 aliphatic heterocycles. The van der Waals surface area contributed by atoms with E-state index < -0.39 is 0 Å². The molecule has 0 aromatic heterocycles. The van der Waals surface area contributed by atoms with E-state index in [-0.39, 0.29) is 15.9 Å². The molecule has 2 aliphatic rings. The third-order valence-corrected chi connectivity index (χ3v) is 3.21. The molecule has 2 aromatic carbocycles. The first kappa shape index (κ1) is 19.9. The first-order chi connectivity index (χ1) is 12.3. The summed E-state index contributed by atoms with van der Waals surface area (Å²) >= 11 is -0.106. The van der Waals surface area contributed by atoms with Gasteiger partial charge in [-0.05, 0) is 24.3 Å². The summed E-state index contributed by atoms with van der Waals surface area (Å²) in [7, 11) is 9.63. The average molecular weight is 472 g/mol. The zero-order valence-corrected chi connectivity index (χ0v) is 16.5. The Morgan fingerprint density at radius 2 is 1.04 bits per heavy atom. The van der Waals surface area contributed by atoms with Crippen LogP contribution in [0.15, 0.2) is 70.6 Å². The molecule has 0 fully saturated rings. The van der Waals surface area contributed by atoms with E-state index in [2.05, 4.69) is 9.98 Å². The quantitative estimate of drug-likeness (QED) is 0.613. The fourth-order valence-electron chi connectivity index (χ4n) is 2.18. The molecule has 0 bridgehead atoms. The minimum Gasteiger partial charge on any atom is -0.476 e. The van der Waals surface area contributed by atoms with Crippen LogP contribution >= 0.6 is 19.1 Å². The van der Waals surface area contributed by atoms with E-state index in [0.717, 1.165) is 49.2 Å². The van der Waals surface area contributed by atoms with Gasteiger partial charge < -0.3 is 9.47 Å². The number of benzene rings is 2. The Hall–Kier alpha value is -1.38. The van der Waals surface area contributed by atoms with E-state index in [4.69, 9.17) is 28.5 Å². The molecule has 0 saturated carbocycles. The number of hydrogen-bond donors (Lipinski definition) is 0. The van der Waals surface area contributed by atoms with Crippen molar-refractivity contribution in [2.75, 3.05) is 26.3 Å². The van der Waals surface area contributed by atoms with Crippen LogP contribution in [-0.4, -0.2) is 38.1 Å². The van der Waals surface area contributed by atoms with Crippen molar-refractivity contribution in [3.63, 3.8) is 0 Å². The number of ether oxygens (including phenoxy) is 2. The van der Waals surface area contributed by atoms with E-state index in [1.807, 2.05) is 60.7 Å². The standard InChI is InChI=1S/2C9H9NO.2ClH.Pd/c2*1-2-4-8(5-3-1)9-10-6-7-11-9;;;/h2*1-5H,6-7H2;2*1H;/q;;;;+2/p-2. The molecule has 25 heavy (non-hydrogen) atoms. The molecule has 0 amide bonds. The zero-order valence-electron chi connectivity index (χ0n) is 13.4. The number of aliphatic imine (C=N–C) groups is 2. The molecule has 0 saturated heterocycles. The Balaban J connectivity index is 0.000000156. The van der Waals surface area contributed by atoms with Gasteiger partial charge in [0.05, 0.1) is 13.1 Å². The fraction of sp³-hybridized carbons (Fsp3) is 0.222. The molecular weight excluding hydrogens is 454 g/mol. The van der Waals surface area contributed by atoms with Gasteiger partial charge in [-0.2, -0.15) is 0 Å². The van der Waals surface area contributed by atoms with Crippen LogP contribution < -0.4 is 0 Å². The number of hydrogen-bond acceptors (Lipinski definition) is 4. The maximum absolute atomic E-state index is 5.29. The summed E-state index contributed by atoms with van der Waals surface area (Å²) in [5.41, 5.74) is 2.15. The summed E-state index contributed by atoms with van der Waals surface area (Å²) in [5.74, 6) is 1.57. The molecule has 0 aliphatic carbocycles. The Labute approximate surface area is 164 Å². The van der Waals surface area contributed by atoms with Crippen molar-refractivity contribution in [3.8, 4) is 0 Å². The van der Waals surface area contributed by atoms with Gasteiger partial charge >= 0.3 is 35.0 Å². The fourth-order valence-corrected chi connectivity index (χ4v) is 2.18. The zero-order chi connectivity index (χ0) is 17.7. The van der Waals surface area contributed by atoms with Crippen LogP contribution in [0.1, 0.15) is 11.1 Å². The second-order valence-corrected chi connectivity index (χ2v) is 7.21. The van der Waals surface area contributed by atoms with Crippen molar-refractivity contribution < 1.29 is 25.4 Å². The number of nitrogens with zero attached hydrogens (tertiary/aromatic N) is 2. The minimum absolute atomic E-state index is 0.106. The van der Waals surface area contributed by atoms with Crippen LogP contribution in [0.3, 0.4) is 0 Å². The largest absolute Gasteiger partial charge is 0.476 e. The molecule has 4 rings (SSSR count). The predicted octanol–water partition coefficient (Wildman–Crippen LogP) is 4.30. The minimum atomic E-state index is -0.106. The van der Waals surface area contributed by atoms with Gasteiger partial charge in [0, 0.05) is 11.1 Å². The first-order valence-electron chi connectivity index (χ1n) is 7.63. The molecule has 2 aromatic rings. The van der Waals surface area contributed by atoms with E-state index in [1.165, 1.54) is 0 Å². The van der Waals surface area contributed by atoms with E-state index in [9.17, 15) is 0 Å². The summed E-state index contributed by atoms with van der Waals surface area (Å²) in [6.07, 6.45) is 0. The number of rotatable bonds is 2. The maximum atomic E-state index is 5.29. The van der Waals surface area contributed by atoms with Gasteiger partial charge in [-0.3, -0.25) is 0 Å². The van der Waals surface area contributed by atoms with Gasteiger partial charge in [0.1, 0.15) is 13.2 Å². The second-order valence-electron chi connectivity index (χ2n) is 4.85. The van der Waals surface area contributed by atoms with Crippen molar-refractivity contribution >= 4 is 30.9 Å². The summed E-state index contributed by atoms with van der Waals surface area (Å²) in [6, 6.07) is 19.9. The van der Waals surface area contributed by atoms with Crippen LogP contribution in [0.2, 0.25) is 0 Å². The van der Waals surface area contributed by atoms with Gasteiger partial charge in [-0.1, -0.05) is 36.4 Å². The van der Waals surface area contributed by atoms with E-state index in [0.29, 0.717) is 0 Å². The third-order valence-electron chi connectivity index (χ3n) is 3.21. The van der Waals surface area contributed by atoms with E-state index >= 15 is 0 Å². The van der Waals surface area contributed by atoms with Crippen molar-refractivity contribution in [2.24, 2.45) is 9.98 Å². The summed E-state index contributed by atoms with van der Waals surface area (Å²) in [5, 5.41) is 0. The predicted molar refractivity (Wildman–Crippen MR) is 99.3 cm³/mol. The third kappa shape index (κ3) is 7.17. The normalized spacial score (nSPS) is 14.8. The maximum Gasteiger partial charge on any atom is 0.216 e. The smallest absolute Gasteiger partial charge is 0.216 e. The van der Waals surface area contributed by atoms with Crippen LogP contribution in [0.5, 0.6) is 0 Å². The van der Waals surface area contributed by atoms with Crippen molar-refractivity contribution in [2.45, 2.75) is 0 Å². The average Bonchev–Trinajstić information content (AvgIpc) is 3.39. The van der Waals surface area contributed by atoms with Gasteiger partial charge in [-0.25, -0.2) is 9.98 Å². The summed E-state index contributed by atoms with van der Waals surface area (Å²) in [4.78, 5) is 8.40. The Morgan fingerprint density at radius 1 is 0.680 bits per heavy atom. The topological polar surface area (TPSA) is 43.2 Å². The van der Waals surface area contributed by atoms with Gasteiger partial charge in [-0.15, -0.1) is 0 Å². The van der Waals surface area contributed by atoms with Crippen LogP contribution in [0, 0.1) is 0 Å². The van der Waals surface area contributed by atoms with Crippen molar-refractivity contribution in [1.82, 2.24) is 0 Å². The van der Waals surface area contributed by atoms with Crippen LogP contribution in [0.4, 0.5) is 0 Å². The molecule has 0 N–H and O–H groups in total. The summed E-state index contributed by atoms with van der Waals surface area (Å²) < 4.78 is 10.6. The van der Waals surface area contributed by atoms with Gasteiger partial charge in [0.2, 0.25) is 11.8 Å². The monoisotopic (exact) mass is 470 g/mol. The summed E-state index contributed by atoms with van der Waals surface area (Å²) in [6.45, 7) is 3.04. The Bertz CT molecular complexity index is 622. The number of halogens is 2. The molecule has 0 atom stereocenters. The Kier molecular flexibility index (Phi) is 9.61. The molecular formula is C18H18Cl2N2O2Pd. The van der Waals surface area contributed by atoms with Crippen LogP contribution in [0.25, 0.3) is 0 Å². The molecule has 2 heterocycles. The molecule has 4 nitrogen and oxygen atoms in total. The molecule has 136 valence electrons. The molecule has 0 spiro atoms. The van der Waals surface area contributed by atoms with Crippen molar-refractivity contribution in [1.29, 1.82) is 0 Å². The first-order valence-corrected chi connectivity index (χ1v) is 11.6. The SMILES string of the molecule is [Cl][Pd][Cl].c1ccc(C2=NCCO2)cc1.c1ccc(C2=NCCO2)cc1. The second kappa shape index (κ2) is 12.1.